The summed E-state index contributed by atoms with van der Waals surface area (Å²) in [6, 6.07) is 8.33. The molecule has 0 bridgehead atoms. The van der Waals surface area contributed by atoms with Crippen LogP contribution in [-0.4, -0.2) is 41.9 Å². The van der Waals surface area contributed by atoms with Crippen molar-refractivity contribution in [3.8, 4) is 0 Å². The van der Waals surface area contributed by atoms with Crippen LogP contribution >= 0.6 is 0 Å². The summed E-state index contributed by atoms with van der Waals surface area (Å²) in [5, 5.41) is 17.3. The molecule has 1 aliphatic rings. The summed E-state index contributed by atoms with van der Waals surface area (Å²) in [4.78, 5) is 24.4. The molecule has 2 aromatic carbocycles. The number of rotatable bonds is 7. The molecule has 0 spiro atoms. The molecule has 0 aromatic heterocycles. The van der Waals surface area contributed by atoms with Crippen LogP contribution < -0.4 is 16.0 Å². The third-order valence-corrected chi connectivity index (χ3v) is 5.00. The zero-order valence-corrected chi connectivity index (χ0v) is 17.8. The summed E-state index contributed by atoms with van der Waals surface area (Å²) in [6.45, 7) is -0.304. The van der Waals surface area contributed by atoms with Gasteiger partial charge in [-0.1, -0.05) is 24.3 Å². The van der Waals surface area contributed by atoms with E-state index < -0.39 is 48.4 Å². The zero-order chi connectivity index (χ0) is 24.7. The average Bonchev–Trinajstić information content (AvgIpc) is 2.78. The van der Waals surface area contributed by atoms with Gasteiger partial charge < -0.3 is 25.8 Å². The van der Waals surface area contributed by atoms with Crippen LogP contribution in [0.15, 0.2) is 60.7 Å². The van der Waals surface area contributed by atoms with E-state index in [1.54, 1.807) is 18.2 Å². The van der Waals surface area contributed by atoms with Gasteiger partial charge in [0.05, 0.1) is 30.7 Å². The molecular weight excluding hydrogens is 458 g/mol. The van der Waals surface area contributed by atoms with Gasteiger partial charge in [0.25, 0.3) is 0 Å². The number of amides is 3. The molecule has 182 valence electrons. The number of alkyl halides is 3. The Labute approximate surface area is 192 Å². The van der Waals surface area contributed by atoms with Crippen molar-refractivity contribution in [2.45, 2.75) is 37.4 Å². The lowest BCUT2D eigenvalue weighted by atomic mass is 10.0. The topological polar surface area (TPSA) is 99.7 Å². The Morgan fingerprint density at radius 1 is 1.06 bits per heavy atom. The number of carbonyl (C=O) groups excluding carboxylic acids is 2. The molecule has 3 atom stereocenters. The van der Waals surface area contributed by atoms with Crippen molar-refractivity contribution in [3.05, 3.63) is 77.6 Å². The van der Waals surface area contributed by atoms with Crippen LogP contribution in [0.1, 0.15) is 17.5 Å². The van der Waals surface area contributed by atoms with E-state index in [2.05, 4.69) is 16.0 Å². The lowest BCUT2D eigenvalue weighted by molar-refractivity contribution is -0.137. The van der Waals surface area contributed by atoms with E-state index in [4.69, 9.17) is 4.74 Å². The lowest BCUT2D eigenvalue weighted by Gasteiger charge is -2.31. The number of carbonyl (C=O) groups is 2. The number of nitrogens with one attached hydrogen (secondary N) is 3. The van der Waals surface area contributed by atoms with Gasteiger partial charge in [-0.05, 0) is 42.0 Å². The molecule has 2 aromatic rings. The van der Waals surface area contributed by atoms with E-state index in [1.165, 1.54) is 18.2 Å². The zero-order valence-electron chi connectivity index (χ0n) is 17.8. The van der Waals surface area contributed by atoms with Gasteiger partial charge in [-0.3, -0.25) is 4.79 Å². The Morgan fingerprint density at radius 2 is 1.79 bits per heavy atom. The van der Waals surface area contributed by atoms with Gasteiger partial charge in [0, 0.05) is 12.2 Å². The second-order valence-electron chi connectivity index (χ2n) is 7.59. The van der Waals surface area contributed by atoms with E-state index in [0.717, 1.165) is 24.3 Å². The van der Waals surface area contributed by atoms with Crippen LogP contribution in [-0.2, 0) is 22.3 Å². The first-order valence-electron chi connectivity index (χ1n) is 10.3. The molecule has 34 heavy (non-hydrogen) atoms. The van der Waals surface area contributed by atoms with Crippen molar-refractivity contribution in [2.75, 3.05) is 11.9 Å². The van der Waals surface area contributed by atoms with Gasteiger partial charge in [0.1, 0.15) is 11.9 Å². The van der Waals surface area contributed by atoms with Crippen molar-refractivity contribution in [3.63, 3.8) is 0 Å². The lowest BCUT2D eigenvalue weighted by Crippen LogP contribution is -2.50. The van der Waals surface area contributed by atoms with Crippen LogP contribution in [0.5, 0.6) is 0 Å². The minimum absolute atomic E-state index is 0.0488. The quantitative estimate of drug-likeness (QED) is 0.360. The third kappa shape index (κ3) is 7.29. The monoisotopic (exact) mass is 481 g/mol. The van der Waals surface area contributed by atoms with Crippen molar-refractivity contribution < 1.29 is 37.0 Å². The van der Waals surface area contributed by atoms with Crippen LogP contribution in [0.25, 0.3) is 0 Å². The molecule has 0 aliphatic carbocycles. The van der Waals surface area contributed by atoms with Crippen molar-refractivity contribution in [2.24, 2.45) is 0 Å². The van der Waals surface area contributed by atoms with Crippen LogP contribution in [0.3, 0.4) is 0 Å². The van der Waals surface area contributed by atoms with E-state index in [1.807, 2.05) is 0 Å². The number of hydrogen-bond acceptors (Lipinski definition) is 4. The Balaban J connectivity index is 1.49. The van der Waals surface area contributed by atoms with Crippen molar-refractivity contribution >= 4 is 17.6 Å². The maximum absolute atomic E-state index is 13.2. The molecule has 1 aliphatic heterocycles. The van der Waals surface area contributed by atoms with Gasteiger partial charge in [0.2, 0.25) is 5.91 Å². The highest BCUT2D eigenvalue weighted by atomic mass is 19.4. The second-order valence-corrected chi connectivity index (χ2v) is 7.59. The summed E-state index contributed by atoms with van der Waals surface area (Å²) in [7, 11) is 0. The fraction of sp³-hybridized carbons (Fsp3) is 0.304. The molecule has 1 heterocycles. The molecule has 0 unspecified atom stereocenters. The first-order valence-corrected chi connectivity index (χ1v) is 10.3. The highest BCUT2D eigenvalue weighted by Gasteiger charge is 2.31. The van der Waals surface area contributed by atoms with Crippen molar-refractivity contribution in [1.29, 1.82) is 0 Å². The second kappa shape index (κ2) is 11.1. The van der Waals surface area contributed by atoms with E-state index >= 15 is 0 Å². The number of aliphatic hydroxyl groups is 1. The van der Waals surface area contributed by atoms with Crippen LogP contribution in [0, 0.1) is 5.82 Å². The van der Waals surface area contributed by atoms with E-state index in [0.29, 0.717) is 5.56 Å². The van der Waals surface area contributed by atoms with Crippen molar-refractivity contribution in [1.82, 2.24) is 10.6 Å². The number of urea groups is 1. The molecule has 3 amide bonds. The fourth-order valence-electron chi connectivity index (χ4n) is 3.30. The Hall–Kier alpha value is -3.44. The number of hydrogen-bond donors (Lipinski definition) is 4. The number of benzene rings is 2. The largest absolute Gasteiger partial charge is 0.416 e. The maximum atomic E-state index is 13.2. The minimum Gasteiger partial charge on any atom is -0.394 e. The number of anilines is 1. The molecule has 0 fully saturated rings. The first-order chi connectivity index (χ1) is 16.1. The average molecular weight is 481 g/mol. The van der Waals surface area contributed by atoms with E-state index in [-0.39, 0.29) is 24.6 Å². The summed E-state index contributed by atoms with van der Waals surface area (Å²) in [5.41, 5.74) is -0.0851. The molecule has 3 rings (SSSR count). The number of halogens is 4. The normalized spacial score (nSPS) is 20.0. The van der Waals surface area contributed by atoms with Gasteiger partial charge >= 0.3 is 12.2 Å². The standard InChI is InChI=1S/C23H23F4N3O4/c24-16-3-1-2-14(10-16)12-28-21(32)11-18-8-9-19(20(13-31)34-18)30-22(33)29-17-6-4-15(5-7-17)23(25,26)27/h1-10,18-20,31H,11-13H2,(H,28,32)(H2,29,30,33)/t18-,19+,20-/m1/s1. The Kier molecular flexibility index (Phi) is 8.24. The molecule has 0 saturated heterocycles. The minimum atomic E-state index is -4.48. The molecular formula is C23H23F4N3O4. The Bertz CT molecular complexity index is 1030. The molecule has 4 N–H and O–H groups in total. The number of ether oxygens (including phenoxy) is 1. The summed E-state index contributed by atoms with van der Waals surface area (Å²) in [6.07, 6.45) is -2.89. The van der Waals surface area contributed by atoms with Gasteiger partial charge in [-0.15, -0.1) is 0 Å². The highest BCUT2D eigenvalue weighted by Crippen LogP contribution is 2.29. The molecule has 11 heteroatoms. The summed E-state index contributed by atoms with van der Waals surface area (Å²) >= 11 is 0. The summed E-state index contributed by atoms with van der Waals surface area (Å²) < 4.78 is 56.8. The van der Waals surface area contributed by atoms with Crippen LogP contribution in [0.4, 0.5) is 28.0 Å². The Morgan fingerprint density at radius 3 is 2.44 bits per heavy atom. The van der Waals surface area contributed by atoms with Gasteiger partial charge in [-0.25, -0.2) is 9.18 Å². The van der Waals surface area contributed by atoms with E-state index in [9.17, 15) is 32.3 Å². The molecule has 0 radical (unpaired) electrons. The fourth-order valence-corrected chi connectivity index (χ4v) is 3.30. The first kappa shape index (κ1) is 25.2. The third-order valence-electron chi connectivity index (χ3n) is 5.00. The maximum Gasteiger partial charge on any atom is 0.416 e. The molecule has 0 saturated carbocycles. The SMILES string of the molecule is O=C(C[C@H]1C=C[C@H](NC(=O)Nc2ccc(C(F)(F)F)cc2)[C@@H](CO)O1)NCc1cccc(F)c1. The summed E-state index contributed by atoms with van der Waals surface area (Å²) in [5.74, 6) is -0.751. The van der Waals surface area contributed by atoms with Gasteiger partial charge in [0.15, 0.2) is 0 Å². The number of aliphatic hydroxyl groups excluding tert-OH is 1. The predicted octanol–water partition coefficient (Wildman–Crippen LogP) is 3.36. The van der Waals surface area contributed by atoms with Crippen LogP contribution in [0.2, 0.25) is 0 Å². The molecule has 7 nitrogen and oxygen atoms in total. The highest BCUT2D eigenvalue weighted by molar-refractivity contribution is 5.89. The predicted molar refractivity (Wildman–Crippen MR) is 115 cm³/mol. The van der Waals surface area contributed by atoms with Gasteiger partial charge in [-0.2, -0.15) is 13.2 Å². The smallest absolute Gasteiger partial charge is 0.394 e.